The van der Waals surface area contributed by atoms with Crippen LogP contribution in [0.2, 0.25) is 5.02 Å². The van der Waals surface area contributed by atoms with Gasteiger partial charge in [-0.2, -0.15) is 14.9 Å². The highest BCUT2D eigenvalue weighted by Crippen LogP contribution is 2.35. The number of hydrogen-bond acceptors (Lipinski definition) is 5. The van der Waals surface area contributed by atoms with Gasteiger partial charge in [-0.05, 0) is 61.1 Å². The molecule has 0 aliphatic rings. The number of aromatic nitrogens is 3. The fraction of sp³-hybridized carbons (Fsp3) is 0.167. The molecule has 0 spiro atoms. The summed E-state index contributed by atoms with van der Waals surface area (Å²) in [6, 6.07) is 9.36. The molecule has 2 aromatic carbocycles. The molecule has 1 aromatic heterocycles. The van der Waals surface area contributed by atoms with Gasteiger partial charge >= 0.3 is 0 Å². The minimum Gasteiger partial charge on any atom is -0.491 e. The van der Waals surface area contributed by atoms with Crippen LogP contribution >= 0.6 is 23.8 Å². The Balaban J connectivity index is 1.99. The van der Waals surface area contributed by atoms with Crippen LogP contribution in [0.25, 0.3) is 11.4 Å². The Kier molecular flexibility index (Phi) is 5.88. The van der Waals surface area contributed by atoms with Crippen molar-refractivity contribution in [2.75, 3.05) is 13.7 Å². The number of rotatable bonds is 6. The minimum atomic E-state index is -0.334. The van der Waals surface area contributed by atoms with E-state index in [-0.39, 0.29) is 5.82 Å². The van der Waals surface area contributed by atoms with Crippen molar-refractivity contribution in [1.29, 1.82) is 0 Å². The SMILES string of the molecule is CCOc1cc(/C=N\n2c(-c3ccc(F)cc3)n[nH]c2=S)cc(Cl)c1OC. The molecule has 0 atom stereocenters. The molecule has 6 nitrogen and oxygen atoms in total. The lowest BCUT2D eigenvalue weighted by Crippen LogP contribution is -1.99. The zero-order valence-corrected chi connectivity index (χ0v) is 16.1. The summed E-state index contributed by atoms with van der Waals surface area (Å²) >= 11 is 11.5. The number of methoxy groups -OCH3 is 1. The number of H-pyrrole nitrogens is 1. The molecule has 27 heavy (non-hydrogen) atoms. The number of nitrogens with one attached hydrogen (secondary N) is 1. The molecule has 140 valence electrons. The maximum Gasteiger partial charge on any atom is 0.216 e. The largest absolute Gasteiger partial charge is 0.491 e. The summed E-state index contributed by atoms with van der Waals surface area (Å²) in [6.45, 7) is 2.34. The van der Waals surface area contributed by atoms with Gasteiger partial charge in [0.25, 0.3) is 0 Å². The summed E-state index contributed by atoms with van der Waals surface area (Å²) < 4.78 is 25.7. The Bertz CT molecular complexity index is 1030. The first-order valence-corrected chi connectivity index (χ1v) is 8.80. The van der Waals surface area contributed by atoms with E-state index in [1.165, 1.54) is 23.9 Å². The molecule has 0 aliphatic carbocycles. The average molecular weight is 407 g/mol. The molecule has 9 heteroatoms. The molecule has 0 aliphatic heterocycles. The molecule has 0 radical (unpaired) electrons. The first-order valence-electron chi connectivity index (χ1n) is 8.01. The summed E-state index contributed by atoms with van der Waals surface area (Å²) in [5.41, 5.74) is 1.36. The van der Waals surface area contributed by atoms with Crippen molar-refractivity contribution >= 4 is 30.0 Å². The molecule has 0 saturated heterocycles. The van der Waals surface area contributed by atoms with E-state index in [4.69, 9.17) is 33.3 Å². The highest BCUT2D eigenvalue weighted by molar-refractivity contribution is 7.71. The van der Waals surface area contributed by atoms with Gasteiger partial charge in [-0.25, -0.2) is 9.49 Å². The highest BCUT2D eigenvalue weighted by Gasteiger charge is 2.12. The van der Waals surface area contributed by atoms with Gasteiger partial charge in [-0.1, -0.05) is 11.6 Å². The first-order chi connectivity index (χ1) is 13.0. The predicted molar refractivity (Wildman–Crippen MR) is 105 cm³/mol. The Morgan fingerprint density at radius 2 is 2.07 bits per heavy atom. The smallest absolute Gasteiger partial charge is 0.216 e. The van der Waals surface area contributed by atoms with Gasteiger partial charge in [0.2, 0.25) is 4.77 Å². The van der Waals surface area contributed by atoms with Gasteiger partial charge in [0, 0.05) is 5.56 Å². The van der Waals surface area contributed by atoms with Crippen LogP contribution in [0, 0.1) is 10.6 Å². The van der Waals surface area contributed by atoms with E-state index in [0.717, 1.165) is 0 Å². The van der Waals surface area contributed by atoms with Crippen molar-refractivity contribution in [3.63, 3.8) is 0 Å². The predicted octanol–water partition coefficient (Wildman–Crippen LogP) is 4.69. The van der Waals surface area contributed by atoms with E-state index in [1.807, 2.05) is 6.92 Å². The van der Waals surface area contributed by atoms with Gasteiger partial charge in [0.15, 0.2) is 17.3 Å². The van der Waals surface area contributed by atoms with Gasteiger partial charge < -0.3 is 9.47 Å². The third-order valence-electron chi connectivity index (χ3n) is 3.61. The van der Waals surface area contributed by atoms with E-state index in [1.54, 1.807) is 30.5 Å². The van der Waals surface area contributed by atoms with Crippen molar-refractivity contribution in [3.8, 4) is 22.9 Å². The van der Waals surface area contributed by atoms with Crippen molar-refractivity contribution in [3.05, 3.63) is 57.6 Å². The molecule has 0 fully saturated rings. The second-order valence-electron chi connectivity index (χ2n) is 5.38. The third kappa shape index (κ3) is 4.17. The number of halogens is 2. The average Bonchev–Trinajstić information content (AvgIpc) is 3.01. The van der Waals surface area contributed by atoms with E-state index < -0.39 is 0 Å². The minimum absolute atomic E-state index is 0.301. The van der Waals surface area contributed by atoms with Crippen LogP contribution in [0.4, 0.5) is 4.39 Å². The first kappa shape index (κ1) is 19.1. The summed E-state index contributed by atoms with van der Waals surface area (Å²) in [5, 5.41) is 11.6. The number of nitrogens with zero attached hydrogens (tertiary/aromatic N) is 3. The van der Waals surface area contributed by atoms with E-state index in [9.17, 15) is 4.39 Å². The lowest BCUT2D eigenvalue weighted by Gasteiger charge is -2.11. The van der Waals surface area contributed by atoms with Crippen molar-refractivity contribution in [2.45, 2.75) is 6.92 Å². The number of aromatic amines is 1. The molecule has 0 unspecified atom stereocenters. The van der Waals surface area contributed by atoms with E-state index >= 15 is 0 Å². The molecular formula is C18H16ClFN4O2S. The van der Waals surface area contributed by atoms with Crippen LogP contribution in [0.1, 0.15) is 12.5 Å². The van der Waals surface area contributed by atoms with Crippen LogP contribution in [0.3, 0.4) is 0 Å². The summed E-state index contributed by atoms with van der Waals surface area (Å²) in [7, 11) is 1.53. The highest BCUT2D eigenvalue weighted by atomic mass is 35.5. The van der Waals surface area contributed by atoms with Crippen LogP contribution in [-0.4, -0.2) is 34.8 Å². The van der Waals surface area contributed by atoms with E-state index in [2.05, 4.69) is 15.3 Å². The van der Waals surface area contributed by atoms with Crippen molar-refractivity contribution < 1.29 is 13.9 Å². The maximum atomic E-state index is 13.2. The van der Waals surface area contributed by atoms with Crippen LogP contribution in [-0.2, 0) is 0 Å². The number of ether oxygens (including phenoxy) is 2. The third-order valence-corrected chi connectivity index (χ3v) is 4.16. The van der Waals surface area contributed by atoms with E-state index in [0.29, 0.717) is 44.9 Å². The van der Waals surface area contributed by atoms with Crippen LogP contribution < -0.4 is 9.47 Å². The second-order valence-corrected chi connectivity index (χ2v) is 6.18. The monoisotopic (exact) mass is 406 g/mol. The fourth-order valence-electron chi connectivity index (χ4n) is 2.43. The Morgan fingerprint density at radius 1 is 1.33 bits per heavy atom. The molecular weight excluding hydrogens is 391 g/mol. The quantitative estimate of drug-likeness (QED) is 0.476. The Hall–Kier alpha value is -2.71. The Labute approximate surface area is 165 Å². The molecule has 0 bridgehead atoms. The number of benzene rings is 2. The van der Waals surface area contributed by atoms with Crippen LogP contribution in [0.5, 0.6) is 11.5 Å². The van der Waals surface area contributed by atoms with Gasteiger partial charge in [0.1, 0.15) is 5.82 Å². The molecule has 1 N–H and O–H groups in total. The standard InChI is InChI=1S/C18H16ClFN4O2S/c1-3-26-15-9-11(8-14(19)16(15)25-2)10-21-24-17(22-23-18(24)27)12-4-6-13(20)7-5-12/h4-10H,3H2,1-2H3,(H,23,27)/b21-10-. The topological polar surface area (TPSA) is 64.4 Å². The molecule has 1 heterocycles. The zero-order valence-electron chi connectivity index (χ0n) is 14.6. The zero-order chi connectivity index (χ0) is 19.4. The molecule has 0 amide bonds. The summed E-state index contributed by atoms with van der Waals surface area (Å²) in [5.74, 6) is 1.10. The van der Waals surface area contributed by atoms with Gasteiger partial charge in [-0.15, -0.1) is 0 Å². The Morgan fingerprint density at radius 3 is 2.74 bits per heavy atom. The second kappa shape index (κ2) is 8.32. The molecule has 0 saturated carbocycles. The summed E-state index contributed by atoms with van der Waals surface area (Å²) in [6.07, 6.45) is 1.58. The molecule has 3 aromatic rings. The number of hydrogen-bond donors (Lipinski definition) is 1. The molecule has 3 rings (SSSR count). The van der Waals surface area contributed by atoms with Crippen molar-refractivity contribution in [2.24, 2.45) is 5.10 Å². The van der Waals surface area contributed by atoms with Crippen LogP contribution in [0.15, 0.2) is 41.5 Å². The van der Waals surface area contributed by atoms with Gasteiger partial charge in [0.05, 0.1) is 25.0 Å². The summed E-state index contributed by atoms with van der Waals surface area (Å²) in [4.78, 5) is 0. The van der Waals surface area contributed by atoms with Crippen molar-refractivity contribution in [1.82, 2.24) is 14.9 Å². The normalized spacial score (nSPS) is 11.1. The lowest BCUT2D eigenvalue weighted by atomic mass is 10.2. The maximum absolute atomic E-state index is 13.2. The van der Waals surface area contributed by atoms with Gasteiger partial charge in [-0.3, -0.25) is 0 Å². The lowest BCUT2D eigenvalue weighted by molar-refractivity contribution is 0.311. The fourth-order valence-corrected chi connectivity index (χ4v) is 2.91.